The van der Waals surface area contributed by atoms with Gasteiger partial charge in [0.2, 0.25) is 5.91 Å². The summed E-state index contributed by atoms with van der Waals surface area (Å²) in [5.74, 6) is 0.186. The topological polar surface area (TPSA) is 112 Å². The Morgan fingerprint density at radius 2 is 2.03 bits per heavy atom. The van der Waals surface area contributed by atoms with Gasteiger partial charge < -0.3 is 10.3 Å². The van der Waals surface area contributed by atoms with Gasteiger partial charge in [-0.15, -0.1) is 0 Å². The van der Waals surface area contributed by atoms with Crippen molar-refractivity contribution in [3.63, 3.8) is 0 Å². The maximum absolute atomic E-state index is 12.2. The highest BCUT2D eigenvalue weighted by molar-refractivity contribution is 7.08. The van der Waals surface area contributed by atoms with Gasteiger partial charge in [-0.05, 0) is 71.1 Å². The molecule has 0 radical (unpaired) electrons. The zero-order chi connectivity index (χ0) is 23.4. The van der Waals surface area contributed by atoms with E-state index in [4.69, 9.17) is 4.98 Å². The number of nitrogens with one attached hydrogen (secondary N) is 3. The summed E-state index contributed by atoms with van der Waals surface area (Å²) in [6, 6.07) is 12.0. The maximum Gasteiger partial charge on any atom is 0.227 e. The Morgan fingerprint density at radius 1 is 1.09 bits per heavy atom. The molecule has 3 N–H and O–H groups in total. The summed E-state index contributed by atoms with van der Waals surface area (Å²) in [6.45, 7) is 0. The second kappa shape index (κ2) is 7.85. The summed E-state index contributed by atoms with van der Waals surface area (Å²) in [6.07, 6.45) is 7.14. The molecule has 1 fully saturated rings. The van der Waals surface area contributed by atoms with Gasteiger partial charge in [-0.1, -0.05) is 0 Å². The molecule has 0 aliphatic heterocycles. The molecule has 1 amide bonds. The van der Waals surface area contributed by atoms with Crippen molar-refractivity contribution in [1.82, 2.24) is 30.1 Å². The number of hydrogen-bond donors (Lipinski definition) is 3. The number of aromatic nitrogens is 6. The zero-order valence-corrected chi connectivity index (χ0v) is 19.3. The fourth-order valence-electron chi connectivity index (χ4n) is 4.31. The lowest BCUT2D eigenvalue weighted by atomic mass is 10.1. The van der Waals surface area contributed by atoms with Crippen LogP contribution < -0.4 is 5.32 Å². The van der Waals surface area contributed by atoms with Crippen molar-refractivity contribution in [3.05, 3.63) is 65.7 Å². The first-order chi connectivity index (χ1) is 17.2. The molecule has 9 heteroatoms. The van der Waals surface area contributed by atoms with Gasteiger partial charge in [-0.25, -0.2) is 9.97 Å². The number of anilines is 1. The summed E-state index contributed by atoms with van der Waals surface area (Å²) < 4.78 is 0. The fraction of sp³-hybridized carbons (Fsp3) is 0.115. The SMILES string of the molecule is O=C(Nc1cncc(-c2ccc3[nH]nc(-c4cc5c(-c6ccsc6)ccnc5[nH]4)c3n2)c1)C1CC1. The Hall–Kier alpha value is -4.37. The number of aromatic amines is 2. The molecule has 1 aliphatic carbocycles. The molecular weight excluding hydrogens is 458 g/mol. The molecule has 1 aliphatic rings. The third-order valence-electron chi connectivity index (χ3n) is 6.28. The molecule has 1 saturated carbocycles. The van der Waals surface area contributed by atoms with E-state index in [2.05, 4.69) is 53.4 Å². The standard InChI is InChI=1S/C26H19N7OS/c34-26(14-1-2-14)29-17-9-16(11-27-12-17)20-3-4-21-23(30-20)24(33-32-21)22-10-19-18(15-6-8-35-13-15)5-7-28-25(19)31-22/h3-14H,1-2H2,(H,28,31)(H,29,34)(H,32,33). The molecule has 170 valence electrons. The van der Waals surface area contributed by atoms with Crippen molar-refractivity contribution < 1.29 is 4.79 Å². The van der Waals surface area contributed by atoms with Crippen molar-refractivity contribution >= 4 is 45.0 Å². The Balaban J connectivity index is 1.29. The van der Waals surface area contributed by atoms with Gasteiger partial charge in [-0.2, -0.15) is 16.4 Å². The molecule has 6 aromatic rings. The minimum Gasteiger partial charge on any atom is -0.338 e. The Kier molecular flexibility index (Phi) is 4.49. The van der Waals surface area contributed by atoms with E-state index in [9.17, 15) is 4.79 Å². The fourth-order valence-corrected chi connectivity index (χ4v) is 4.97. The van der Waals surface area contributed by atoms with E-state index in [0.29, 0.717) is 5.69 Å². The van der Waals surface area contributed by atoms with Crippen LogP contribution in [0.4, 0.5) is 5.69 Å². The zero-order valence-electron chi connectivity index (χ0n) is 18.4. The molecule has 6 aromatic heterocycles. The average molecular weight is 478 g/mol. The highest BCUT2D eigenvalue weighted by Gasteiger charge is 2.29. The summed E-state index contributed by atoms with van der Waals surface area (Å²) in [7, 11) is 0. The first-order valence-corrected chi connectivity index (χ1v) is 12.3. The van der Waals surface area contributed by atoms with Gasteiger partial charge in [0.05, 0.1) is 28.8 Å². The predicted molar refractivity (Wildman–Crippen MR) is 137 cm³/mol. The van der Waals surface area contributed by atoms with Crippen molar-refractivity contribution in [2.45, 2.75) is 12.8 Å². The van der Waals surface area contributed by atoms with Gasteiger partial charge >= 0.3 is 0 Å². The number of hydrogen-bond acceptors (Lipinski definition) is 6. The smallest absolute Gasteiger partial charge is 0.227 e. The maximum atomic E-state index is 12.2. The Bertz CT molecular complexity index is 1710. The molecule has 0 unspecified atom stereocenters. The van der Waals surface area contributed by atoms with Crippen LogP contribution in [0.25, 0.3) is 55.8 Å². The molecule has 0 saturated heterocycles. The van der Waals surface area contributed by atoms with E-state index in [1.807, 2.05) is 30.5 Å². The number of carbonyl (C=O) groups excluding carboxylic acids is 1. The summed E-state index contributed by atoms with van der Waals surface area (Å²) >= 11 is 1.67. The number of rotatable bonds is 5. The van der Waals surface area contributed by atoms with E-state index in [1.54, 1.807) is 23.7 Å². The lowest BCUT2D eigenvalue weighted by Crippen LogP contribution is -2.13. The number of fused-ring (bicyclic) bond motifs is 2. The minimum atomic E-state index is 0.0544. The number of amides is 1. The number of nitrogens with zero attached hydrogens (tertiary/aromatic N) is 4. The van der Waals surface area contributed by atoms with E-state index < -0.39 is 0 Å². The van der Waals surface area contributed by atoms with E-state index in [0.717, 1.165) is 63.1 Å². The van der Waals surface area contributed by atoms with E-state index in [1.165, 1.54) is 5.56 Å². The van der Waals surface area contributed by atoms with Gasteiger partial charge in [-0.3, -0.25) is 14.9 Å². The third-order valence-corrected chi connectivity index (χ3v) is 6.96. The van der Waals surface area contributed by atoms with Crippen LogP contribution in [-0.4, -0.2) is 36.0 Å². The van der Waals surface area contributed by atoms with Crippen LogP contribution in [0.2, 0.25) is 0 Å². The number of pyridine rings is 3. The Morgan fingerprint density at radius 3 is 2.89 bits per heavy atom. The van der Waals surface area contributed by atoms with Crippen LogP contribution in [0, 0.1) is 5.92 Å². The lowest BCUT2D eigenvalue weighted by molar-refractivity contribution is -0.117. The average Bonchev–Trinajstić information content (AvgIpc) is 3.26. The highest BCUT2D eigenvalue weighted by atomic mass is 32.1. The molecular formula is C26H19N7OS. The van der Waals surface area contributed by atoms with Gasteiger partial charge in [0.25, 0.3) is 0 Å². The predicted octanol–water partition coefficient (Wildman–Crippen LogP) is 5.64. The Labute approximate surface area is 203 Å². The molecule has 35 heavy (non-hydrogen) atoms. The quantitative estimate of drug-likeness (QED) is 0.297. The highest BCUT2D eigenvalue weighted by Crippen LogP contribution is 2.34. The largest absolute Gasteiger partial charge is 0.338 e. The molecule has 6 heterocycles. The third kappa shape index (κ3) is 3.57. The minimum absolute atomic E-state index is 0.0544. The number of thiophene rings is 1. The first-order valence-electron chi connectivity index (χ1n) is 11.3. The number of carbonyl (C=O) groups is 1. The van der Waals surface area contributed by atoms with Gasteiger partial charge in [0, 0.05) is 29.3 Å². The van der Waals surface area contributed by atoms with Gasteiger partial charge in [0.1, 0.15) is 16.9 Å². The van der Waals surface area contributed by atoms with Crippen LogP contribution in [-0.2, 0) is 4.79 Å². The van der Waals surface area contributed by atoms with Crippen LogP contribution in [0.3, 0.4) is 0 Å². The summed E-state index contributed by atoms with van der Waals surface area (Å²) in [5.41, 5.74) is 8.50. The van der Waals surface area contributed by atoms with E-state index in [-0.39, 0.29) is 11.8 Å². The molecule has 0 aromatic carbocycles. The first kappa shape index (κ1) is 20.0. The van der Waals surface area contributed by atoms with Crippen molar-refractivity contribution in [2.75, 3.05) is 5.32 Å². The van der Waals surface area contributed by atoms with E-state index >= 15 is 0 Å². The normalized spacial score (nSPS) is 13.5. The molecule has 7 rings (SSSR count). The molecule has 0 bridgehead atoms. The molecule has 8 nitrogen and oxygen atoms in total. The summed E-state index contributed by atoms with van der Waals surface area (Å²) in [4.78, 5) is 29.3. The van der Waals surface area contributed by atoms with Crippen LogP contribution >= 0.6 is 11.3 Å². The monoisotopic (exact) mass is 477 g/mol. The lowest BCUT2D eigenvalue weighted by Gasteiger charge is -2.06. The summed E-state index contributed by atoms with van der Waals surface area (Å²) in [5, 5.41) is 15.8. The number of H-pyrrole nitrogens is 2. The van der Waals surface area contributed by atoms with Gasteiger partial charge in [0.15, 0.2) is 0 Å². The second-order valence-electron chi connectivity index (χ2n) is 8.71. The van der Waals surface area contributed by atoms with Crippen molar-refractivity contribution in [1.29, 1.82) is 0 Å². The van der Waals surface area contributed by atoms with Crippen LogP contribution in [0.5, 0.6) is 0 Å². The van der Waals surface area contributed by atoms with Crippen LogP contribution in [0.1, 0.15) is 12.8 Å². The van der Waals surface area contributed by atoms with Crippen LogP contribution in [0.15, 0.2) is 65.7 Å². The van der Waals surface area contributed by atoms with Crippen molar-refractivity contribution in [3.8, 4) is 33.8 Å². The second-order valence-corrected chi connectivity index (χ2v) is 9.49. The molecule has 0 atom stereocenters. The van der Waals surface area contributed by atoms with Crippen molar-refractivity contribution in [2.24, 2.45) is 5.92 Å². The molecule has 0 spiro atoms.